The highest BCUT2D eigenvalue weighted by Crippen LogP contribution is 2.18. The minimum atomic E-state index is 0.435. The molecule has 5 heteroatoms. The molecular formula is C12H19ClN4. The number of nitrogen functional groups attached to an aromatic ring is 1. The summed E-state index contributed by atoms with van der Waals surface area (Å²) >= 11 is 5.86. The number of hydrogen-bond donors (Lipinski definition) is 2. The van der Waals surface area contributed by atoms with Crippen molar-refractivity contribution in [2.24, 2.45) is 0 Å². The minimum Gasteiger partial charge on any atom is -0.399 e. The summed E-state index contributed by atoms with van der Waals surface area (Å²) in [6.07, 6.45) is 3.84. The Labute approximate surface area is 107 Å². The van der Waals surface area contributed by atoms with E-state index in [1.165, 1.54) is 25.8 Å². The molecule has 2 heterocycles. The van der Waals surface area contributed by atoms with Gasteiger partial charge in [-0.05, 0) is 32.5 Å². The zero-order valence-corrected chi connectivity index (χ0v) is 10.9. The van der Waals surface area contributed by atoms with Crippen molar-refractivity contribution in [2.75, 3.05) is 31.2 Å². The van der Waals surface area contributed by atoms with Crippen molar-refractivity contribution in [3.05, 3.63) is 17.3 Å². The summed E-state index contributed by atoms with van der Waals surface area (Å²) in [6, 6.07) is 4.04. The van der Waals surface area contributed by atoms with Crippen LogP contribution >= 0.6 is 11.6 Å². The highest BCUT2D eigenvalue weighted by atomic mass is 35.5. The van der Waals surface area contributed by atoms with E-state index in [4.69, 9.17) is 17.3 Å². The maximum atomic E-state index is 5.86. The number of rotatable bonds is 3. The summed E-state index contributed by atoms with van der Waals surface area (Å²) in [6.45, 7) is 2.07. The van der Waals surface area contributed by atoms with Crippen molar-refractivity contribution in [1.29, 1.82) is 0 Å². The van der Waals surface area contributed by atoms with Gasteiger partial charge in [-0.15, -0.1) is 0 Å². The highest BCUT2D eigenvalue weighted by Gasteiger charge is 2.18. The Morgan fingerprint density at radius 1 is 1.53 bits per heavy atom. The van der Waals surface area contributed by atoms with Gasteiger partial charge in [0.25, 0.3) is 0 Å². The third-order valence-corrected chi connectivity index (χ3v) is 3.45. The van der Waals surface area contributed by atoms with E-state index in [0.29, 0.717) is 16.9 Å². The molecule has 0 amide bonds. The fourth-order valence-corrected chi connectivity index (χ4v) is 2.45. The normalized spacial score (nSPS) is 21.4. The molecule has 0 radical (unpaired) electrons. The van der Waals surface area contributed by atoms with Crippen molar-refractivity contribution in [2.45, 2.75) is 25.3 Å². The van der Waals surface area contributed by atoms with E-state index in [1.54, 1.807) is 6.07 Å². The summed E-state index contributed by atoms with van der Waals surface area (Å²) in [7, 11) is 2.17. The van der Waals surface area contributed by atoms with Crippen molar-refractivity contribution < 1.29 is 0 Å². The predicted molar refractivity (Wildman–Crippen MR) is 72.4 cm³/mol. The Bertz CT molecular complexity index is 363. The number of nitrogens with zero attached hydrogens (tertiary/aromatic N) is 2. The van der Waals surface area contributed by atoms with Gasteiger partial charge in [-0.3, -0.25) is 0 Å². The predicted octanol–water partition coefficient (Wildman–Crippen LogP) is 2.21. The number of nitrogens with one attached hydrogen (secondary N) is 1. The topological polar surface area (TPSA) is 54.2 Å². The maximum absolute atomic E-state index is 5.86. The molecule has 4 nitrogen and oxygen atoms in total. The van der Waals surface area contributed by atoms with Crippen LogP contribution in [0.3, 0.4) is 0 Å². The molecule has 0 aromatic carbocycles. The van der Waals surface area contributed by atoms with E-state index in [1.807, 2.05) is 6.07 Å². The first-order valence-corrected chi connectivity index (χ1v) is 6.40. The van der Waals surface area contributed by atoms with Gasteiger partial charge < -0.3 is 16.0 Å². The number of pyridine rings is 1. The zero-order valence-electron chi connectivity index (χ0n) is 10.1. The fraction of sp³-hybridized carbons (Fsp3) is 0.583. The number of halogens is 1. The molecule has 1 unspecified atom stereocenters. The molecule has 0 aliphatic carbocycles. The van der Waals surface area contributed by atoms with Gasteiger partial charge in [0.15, 0.2) is 0 Å². The highest BCUT2D eigenvalue weighted by molar-refractivity contribution is 6.29. The molecule has 1 atom stereocenters. The lowest BCUT2D eigenvalue weighted by Crippen LogP contribution is -2.40. The van der Waals surface area contributed by atoms with Gasteiger partial charge in [-0.25, -0.2) is 4.98 Å². The number of anilines is 2. The first-order valence-electron chi connectivity index (χ1n) is 6.02. The van der Waals surface area contributed by atoms with Crippen LogP contribution in [0.15, 0.2) is 12.1 Å². The summed E-state index contributed by atoms with van der Waals surface area (Å²) in [5.74, 6) is 0.758. The SMILES string of the molecule is CN1CCCCC1CNc1cc(N)cc(Cl)n1. The van der Waals surface area contributed by atoms with Crippen LogP contribution in [0.2, 0.25) is 5.15 Å². The Hall–Kier alpha value is -1.00. The van der Waals surface area contributed by atoms with Crippen molar-refractivity contribution in [3.8, 4) is 0 Å². The molecule has 1 aliphatic rings. The van der Waals surface area contributed by atoms with Gasteiger partial charge >= 0.3 is 0 Å². The Kier molecular flexibility index (Phi) is 4.07. The van der Waals surface area contributed by atoms with Gasteiger partial charge in [-0.1, -0.05) is 18.0 Å². The van der Waals surface area contributed by atoms with Crippen LogP contribution in [0.25, 0.3) is 0 Å². The molecule has 2 rings (SSSR count). The Morgan fingerprint density at radius 3 is 3.06 bits per heavy atom. The fourth-order valence-electron chi connectivity index (χ4n) is 2.23. The van der Waals surface area contributed by atoms with Crippen LogP contribution in [0.1, 0.15) is 19.3 Å². The third-order valence-electron chi connectivity index (χ3n) is 3.26. The summed E-state index contributed by atoms with van der Waals surface area (Å²) in [5.41, 5.74) is 6.36. The molecule has 1 aromatic rings. The molecule has 0 saturated carbocycles. The van der Waals surface area contributed by atoms with Gasteiger partial charge in [0.1, 0.15) is 11.0 Å². The van der Waals surface area contributed by atoms with E-state index in [-0.39, 0.29) is 0 Å². The van der Waals surface area contributed by atoms with Crippen molar-refractivity contribution >= 4 is 23.1 Å². The van der Waals surface area contributed by atoms with E-state index in [0.717, 1.165) is 12.4 Å². The molecule has 94 valence electrons. The molecule has 1 aliphatic heterocycles. The Morgan fingerprint density at radius 2 is 2.35 bits per heavy atom. The summed E-state index contributed by atoms with van der Waals surface area (Å²) in [5, 5.41) is 3.74. The van der Waals surface area contributed by atoms with Gasteiger partial charge in [0.05, 0.1) is 0 Å². The van der Waals surface area contributed by atoms with Crippen molar-refractivity contribution in [3.63, 3.8) is 0 Å². The molecule has 1 fully saturated rings. The first-order chi connectivity index (χ1) is 8.15. The molecule has 0 bridgehead atoms. The van der Waals surface area contributed by atoms with E-state index >= 15 is 0 Å². The lowest BCUT2D eigenvalue weighted by molar-refractivity contribution is 0.194. The number of piperidine rings is 1. The lowest BCUT2D eigenvalue weighted by atomic mass is 10.0. The Balaban J connectivity index is 1.92. The quantitative estimate of drug-likeness (QED) is 0.813. The smallest absolute Gasteiger partial charge is 0.133 e. The van der Waals surface area contributed by atoms with Crippen LogP contribution in [-0.2, 0) is 0 Å². The summed E-state index contributed by atoms with van der Waals surface area (Å²) in [4.78, 5) is 6.59. The summed E-state index contributed by atoms with van der Waals surface area (Å²) < 4.78 is 0. The number of hydrogen-bond acceptors (Lipinski definition) is 4. The first kappa shape index (κ1) is 12.5. The number of likely N-dealkylation sites (N-methyl/N-ethyl adjacent to an activating group) is 1. The number of aromatic nitrogens is 1. The number of nitrogens with two attached hydrogens (primary N) is 1. The van der Waals surface area contributed by atoms with Gasteiger partial charge in [-0.2, -0.15) is 0 Å². The lowest BCUT2D eigenvalue weighted by Gasteiger charge is -2.32. The van der Waals surface area contributed by atoms with Crippen LogP contribution in [0.5, 0.6) is 0 Å². The van der Waals surface area contributed by atoms with Gasteiger partial charge in [0.2, 0.25) is 0 Å². The second-order valence-electron chi connectivity index (χ2n) is 4.62. The van der Waals surface area contributed by atoms with Crippen LogP contribution in [-0.4, -0.2) is 36.1 Å². The largest absolute Gasteiger partial charge is 0.399 e. The molecule has 17 heavy (non-hydrogen) atoms. The average Bonchev–Trinajstić information content (AvgIpc) is 2.27. The maximum Gasteiger partial charge on any atom is 0.133 e. The average molecular weight is 255 g/mol. The van der Waals surface area contributed by atoms with Crippen molar-refractivity contribution in [1.82, 2.24) is 9.88 Å². The molecule has 3 N–H and O–H groups in total. The van der Waals surface area contributed by atoms with E-state index in [9.17, 15) is 0 Å². The van der Waals surface area contributed by atoms with Gasteiger partial charge in [0, 0.05) is 24.3 Å². The molecular weight excluding hydrogens is 236 g/mol. The second kappa shape index (κ2) is 5.56. The molecule has 1 saturated heterocycles. The van der Waals surface area contributed by atoms with Crippen LogP contribution in [0.4, 0.5) is 11.5 Å². The molecule has 0 spiro atoms. The monoisotopic (exact) mass is 254 g/mol. The van der Waals surface area contributed by atoms with Crippen LogP contribution < -0.4 is 11.1 Å². The minimum absolute atomic E-state index is 0.435. The van der Waals surface area contributed by atoms with E-state index < -0.39 is 0 Å². The zero-order chi connectivity index (χ0) is 12.3. The standard InChI is InChI=1S/C12H19ClN4/c1-17-5-3-2-4-10(17)8-15-12-7-9(14)6-11(13)16-12/h6-7,10H,2-5,8H2,1H3,(H3,14,15,16). The van der Waals surface area contributed by atoms with Crippen LogP contribution in [0, 0.1) is 0 Å². The second-order valence-corrected chi connectivity index (χ2v) is 5.01. The van der Waals surface area contributed by atoms with E-state index in [2.05, 4.69) is 22.2 Å². The number of likely N-dealkylation sites (tertiary alicyclic amines) is 1. The third kappa shape index (κ3) is 3.48. The molecule has 1 aromatic heterocycles.